The monoisotopic (exact) mass is 722 g/mol. The molecular formula is C51H32N4O. The zero-order chi connectivity index (χ0) is 42.2. The lowest BCUT2D eigenvalue weighted by atomic mass is 9.97. The predicted octanol–water partition coefficient (Wildman–Crippen LogP) is 13.2. The Hall–Kier alpha value is -7.63. The lowest BCUT2D eigenvalue weighted by Gasteiger charge is -2.16. The van der Waals surface area contributed by atoms with E-state index in [1.54, 1.807) is 0 Å². The minimum atomic E-state index is -0.375. The molecule has 3 aromatic heterocycles. The highest BCUT2D eigenvalue weighted by Crippen LogP contribution is 2.43. The van der Waals surface area contributed by atoms with Crippen molar-refractivity contribution in [1.29, 1.82) is 0 Å². The van der Waals surface area contributed by atoms with Gasteiger partial charge in [0.05, 0.1) is 24.9 Å². The van der Waals surface area contributed by atoms with Crippen molar-refractivity contribution in [2.75, 3.05) is 0 Å². The Morgan fingerprint density at radius 2 is 1.02 bits per heavy atom. The zero-order valence-corrected chi connectivity index (χ0v) is 29.7. The topological polar surface area (TPSA) is 56.7 Å². The minimum absolute atomic E-state index is 0.0150. The van der Waals surface area contributed by atoms with Crippen LogP contribution in [0.2, 0.25) is 0 Å². The molecule has 0 radical (unpaired) electrons. The van der Waals surface area contributed by atoms with E-state index in [0.717, 1.165) is 44.1 Å². The summed E-state index contributed by atoms with van der Waals surface area (Å²) in [6.45, 7) is 0. The maximum Gasteiger partial charge on any atom is 0.164 e. The third-order valence-electron chi connectivity index (χ3n) is 10.2. The van der Waals surface area contributed by atoms with Crippen LogP contribution < -0.4 is 0 Å². The lowest BCUT2D eigenvalue weighted by Crippen LogP contribution is -2.02. The van der Waals surface area contributed by atoms with Crippen molar-refractivity contribution in [2.24, 2.45) is 0 Å². The average Bonchev–Trinajstić information content (AvgIpc) is 3.88. The highest BCUT2D eigenvalue weighted by molar-refractivity contribution is 6.13. The summed E-state index contributed by atoms with van der Waals surface area (Å²) in [5.74, 6) is 1.32. The highest BCUT2D eigenvalue weighted by atomic mass is 16.3. The predicted molar refractivity (Wildman–Crippen MR) is 229 cm³/mol. The van der Waals surface area contributed by atoms with Gasteiger partial charge in [-0.05, 0) is 53.6 Å². The molecule has 0 aliphatic heterocycles. The SMILES string of the molecule is [2H]c1cc([2H])c2oc3c(-c4cc(-c5nc(-c6ccccc6)nc(-c6ccccc6)n5)ccc4-n4c5ccccc5c5cc(-c6ccccc6)ccc54)c([2H])c([2H])c([2H])c3c2c1[2H]. The first-order valence-electron chi connectivity index (χ1n) is 21.3. The molecule has 0 saturated carbocycles. The molecule has 56 heavy (non-hydrogen) atoms. The average molecular weight is 723 g/mol. The van der Waals surface area contributed by atoms with Crippen molar-refractivity contribution in [2.45, 2.75) is 0 Å². The number of rotatable bonds is 6. The summed E-state index contributed by atoms with van der Waals surface area (Å²) in [6, 6.07) is 49.6. The van der Waals surface area contributed by atoms with E-state index in [1.807, 2.05) is 109 Å². The van der Waals surface area contributed by atoms with Crippen LogP contribution in [0.25, 0.3) is 106 Å². The van der Waals surface area contributed by atoms with Crippen LogP contribution in [0.4, 0.5) is 0 Å². The van der Waals surface area contributed by atoms with E-state index in [4.69, 9.17) is 24.9 Å². The van der Waals surface area contributed by atoms with Gasteiger partial charge in [0.1, 0.15) is 11.2 Å². The molecule has 11 aromatic rings. The molecule has 0 N–H and O–H groups in total. The van der Waals surface area contributed by atoms with Crippen molar-refractivity contribution in [3.05, 3.63) is 194 Å². The summed E-state index contributed by atoms with van der Waals surface area (Å²) >= 11 is 0. The zero-order valence-electron chi connectivity index (χ0n) is 35.7. The fourth-order valence-corrected chi connectivity index (χ4v) is 7.61. The van der Waals surface area contributed by atoms with Gasteiger partial charge in [-0.3, -0.25) is 0 Å². The summed E-state index contributed by atoms with van der Waals surface area (Å²) in [4.78, 5) is 14.9. The summed E-state index contributed by atoms with van der Waals surface area (Å²) in [5, 5.41) is 2.22. The van der Waals surface area contributed by atoms with Crippen molar-refractivity contribution in [1.82, 2.24) is 19.5 Å². The van der Waals surface area contributed by atoms with Crippen molar-refractivity contribution in [3.8, 4) is 62.1 Å². The molecule has 0 amide bonds. The molecule has 0 unspecified atom stereocenters. The van der Waals surface area contributed by atoms with E-state index < -0.39 is 0 Å². The Labute approximate surface area is 331 Å². The first-order chi connectivity index (χ1) is 30.2. The van der Waals surface area contributed by atoms with Gasteiger partial charge in [0.2, 0.25) is 0 Å². The van der Waals surface area contributed by atoms with E-state index in [2.05, 4.69) is 47.0 Å². The number of fused-ring (bicyclic) bond motifs is 6. The first-order valence-corrected chi connectivity index (χ1v) is 18.3. The molecule has 5 nitrogen and oxygen atoms in total. The Morgan fingerprint density at radius 1 is 0.411 bits per heavy atom. The summed E-state index contributed by atoms with van der Waals surface area (Å²) < 4.78 is 62.5. The Morgan fingerprint density at radius 3 is 1.75 bits per heavy atom. The van der Waals surface area contributed by atoms with Crippen LogP contribution in [-0.2, 0) is 0 Å². The number of nitrogens with zero attached hydrogens (tertiary/aromatic N) is 4. The molecule has 0 atom stereocenters. The van der Waals surface area contributed by atoms with Crippen LogP contribution >= 0.6 is 0 Å². The molecule has 0 saturated heterocycles. The number of furan rings is 1. The molecule has 0 aliphatic rings. The highest BCUT2D eigenvalue weighted by Gasteiger charge is 2.21. The lowest BCUT2D eigenvalue weighted by molar-refractivity contribution is 0.670. The van der Waals surface area contributed by atoms with E-state index in [9.17, 15) is 2.74 Å². The van der Waals surface area contributed by atoms with Gasteiger partial charge in [0.15, 0.2) is 17.5 Å². The number of hydrogen-bond acceptors (Lipinski definition) is 4. The maximum atomic E-state index is 9.57. The number of benzene rings is 8. The summed E-state index contributed by atoms with van der Waals surface area (Å²) in [5.41, 5.74) is 7.56. The van der Waals surface area contributed by atoms with Crippen LogP contribution in [-0.4, -0.2) is 19.5 Å². The quantitative estimate of drug-likeness (QED) is 0.171. The van der Waals surface area contributed by atoms with Gasteiger partial charge in [0, 0.05) is 49.4 Å². The molecular weight excluding hydrogens is 685 g/mol. The molecule has 8 aromatic carbocycles. The second-order valence-electron chi connectivity index (χ2n) is 13.5. The molecule has 11 rings (SSSR count). The van der Waals surface area contributed by atoms with Gasteiger partial charge in [0.25, 0.3) is 0 Å². The summed E-state index contributed by atoms with van der Waals surface area (Å²) in [6.07, 6.45) is 0. The molecule has 262 valence electrons. The van der Waals surface area contributed by atoms with Gasteiger partial charge in [-0.2, -0.15) is 0 Å². The van der Waals surface area contributed by atoms with Crippen molar-refractivity contribution in [3.63, 3.8) is 0 Å². The molecule has 0 aliphatic carbocycles. The number of hydrogen-bond donors (Lipinski definition) is 0. The Balaban J connectivity index is 1.25. The van der Waals surface area contributed by atoms with Gasteiger partial charge in [-0.25, -0.2) is 15.0 Å². The van der Waals surface area contributed by atoms with Crippen LogP contribution in [0.1, 0.15) is 8.22 Å². The fraction of sp³-hybridized carbons (Fsp3) is 0. The molecule has 0 spiro atoms. The number of para-hydroxylation sites is 3. The van der Waals surface area contributed by atoms with Gasteiger partial charge < -0.3 is 8.98 Å². The smallest absolute Gasteiger partial charge is 0.164 e. The van der Waals surface area contributed by atoms with E-state index in [-0.39, 0.29) is 63.8 Å². The van der Waals surface area contributed by atoms with Crippen LogP contribution in [0, 0.1) is 0 Å². The Bertz CT molecular complexity index is 3530. The van der Waals surface area contributed by atoms with E-state index in [0.29, 0.717) is 34.3 Å². The van der Waals surface area contributed by atoms with Crippen LogP contribution in [0.3, 0.4) is 0 Å². The van der Waals surface area contributed by atoms with Crippen molar-refractivity contribution < 1.29 is 12.6 Å². The fourth-order valence-electron chi connectivity index (χ4n) is 7.61. The van der Waals surface area contributed by atoms with Crippen molar-refractivity contribution >= 4 is 43.7 Å². The summed E-state index contributed by atoms with van der Waals surface area (Å²) in [7, 11) is 0. The Kier molecular flexibility index (Phi) is 6.10. The van der Waals surface area contributed by atoms with Gasteiger partial charge in [-0.1, -0.05) is 152 Å². The molecule has 0 fully saturated rings. The van der Waals surface area contributed by atoms with Crippen LogP contribution in [0.15, 0.2) is 198 Å². The maximum absolute atomic E-state index is 9.57. The minimum Gasteiger partial charge on any atom is -0.455 e. The molecule has 0 bridgehead atoms. The normalized spacial score (nSPS) is 13.1. The second-order valence-corrected chi connectivity index (χ2v) is 13.5. The van der Waals surface area contributed by atoms with E-state index in [1.165, 1.54) is 6.07 Å². The van der Waals surface area contributed by atoms with Crippen LogP contribution in [0.5, 0.6) is 0 Å². The van der Waals surface area contributed by atoms with Gasteiger partial charge >= 0.3 is 0 Å². The van der Waals surface area contributed by atoms with E-state index >= 15 is 0 Å². The number of aromatic nitrogens is 4. The molecule has 5 heteroatoms. The van der Waals surface area contributed by atoms with Gasteiger partial charge in [-0.15, -0.1) is 0 Å². The molecule has 3 heterocycles. The third-order valence-corrected chi connectivity index (χ3v) is 10.2. The first kappa shape index (κ1) is 26.2. The standard InChI is InChI=1S/C51H32N4O/c1-4-15-33(16-5-1)36-27-29-45-42(31-36)38-21-10-12-25-44(38)55(45)46-30-28-37(32-43(46)41-24-14-23-40-39-22-11-13-26-47(39)56-48(40)41)51-53-49(34-17-6-2-7-18-34)52-50(54-51)35-19-8-3-9-20-35/h1-32H/i11D,14D,22D,23D,24D,26D. The largest absolute Gasteiger partial charge is 0.455 e. The second kappa shape index (κ2) is 13.0. The third kappa shape index (κ3) is 5.29.